The average Bonchev–Trinajstić information content (AvgIpc) is 2.78. The van der Waals surface area contributed by atoms with Crippen molar-refractivity contribution < 1.29 is 12.6 Å². The summed E-state index contributed by atoms with van der Waals surface area (Å²) in [6, 6.07) is 0. The number of fused-ring (bicyclic) bond motifs is 1. The Hall–Kier alpha value is -0.610. The SMILES string of the molecule is C=C[C@H]1CC[C@@H]2[C@H]1C=C[C@@H]2CCOS(C)(=O)=O. The summed E-state index contributed by atoms with van der Waals surface area (Å²) in [7, 11) is -3.29. The molecule has 0 N–H and O–H groups in total. The summed E-state index contributed by atoms with van der Waals surface area (Å²) in [4.78, 5) is 0. The first kappa shape index (κ1) is 12.8. The monoisotopic (exact) mass is 256 g/mol. The normalized spacial score (nSPS) is 36.1. The highest BCUT2D eigenvalue weighted by atomic mass is 32.2. The molecule has 1 saturated carbocycles. The molecule has 2 aliphatic carbocycles. The molecule has 0 aromatic heterocycles. The van der Waals surface area contributed by atoms with Gasteiger partial charge in [-0.1, -0.05) is 18.2 Å². The van der Waals surface area contributed by atoms with E-state index >= 15 is 0 Å². The lowest BCUT2D eigenvalue weighted by Gasteiger charge is -2.19. The van der Waals surface area contributed by atoms with Crippen molar-refractivity contribution in [1.29, 1.82) is 0 Å². The van der Waals surface area contributed by atoms with Crippen molar-refractivity contribution in [2.45, 2.75) is 19.3 Å². The Kier molecular flexibility index (Phi) is 3.73. The van der Waals surface area contributed by atoms with Crippen LogP contribution in [0.4, 0.5) is 0 Å². The van der Waals surface area contributed by atoms with Gasteiger partial charge in [-0.15, -0.1) is 6.58 Å². The highest BCUT2D eigenvalue weighted by Crippen LogP contribution is 2.48. The first-order chi connectivity index (χ1) is 8.01. The molecule has 96 valence electrons. The van der Waals surface area contributed by atoms with E-state index in [2.05, 4.69) is 24.8 Å². The quantitative estimate of drug-likeness (QED) is 0.560. The first-order valence-corrected chi connectivity index (χ1v) is 7.98. The molecule has 17 heavy (non-hydrogen) atoms. The molecule has 2 rings (SSSR count). The minimum atomic E-state index is -3.29. The fourth-order valence-corrected chi connectivity index (χ4v) is 3.61. The summed E-state index contributed by atoms with van der Waals surface area (Å²) in [5.41, 5.74) is 0. The van der Waals surface area contributed by atoms with Crippen LogP contribution in [0.1, 0.15) is 19.3 Å². The topological polar surface area (TPSA) is 43.4 Å². The van der Waals surface area contributed by atoms with Crippen molar-refractivity contribution in [3.8, 4) is 0 Å². The molecule has 0 spiro atoms. The average molecular weight is 256 g/mol. The second kappa shape index (κ2) is 4.94. The molecular formula is C13H20O3S. The zero-order chi connectivity index (χ0) is 12.5. The molecule has 0 aliphatic heterocycles. The molecule has 0 aromatic rings. The van der Waals surface area contributed by atoms with Crippen LogP contribution in [-0.4, -0.2) is 21.3 Å². The maximum Gasteiger partial charge on any atom is 0.264 e. The molecule has 4 heteroatoms. The van der Waals surface area contributed by atoms with Crippen LogP contribution in [0, 0.1) is 23.7 Å². The van der Waals surface area contributed by atoms with Gasteiger partial charge in [0.1, 0.15) is 0 Å². The summed E-state index contributed by atoms with van der Waals surface area (Å²) in [5.74, 6) is 2.38. The molecule has 0 saturated heterocycles. The Balaban J connectivity index is 1.85. The lowest BCUT2D eigenvalue weighted by Crippen LogP contribution is -2.15. The van der Waals surface area contributed by atoms with Gasteiger partial charge in [-0.25, -0.2) is 0 Å². The minimum absolute atomic E-state index is 0.301. The van der Waals surface area contributed by atoms with Crippen molar-refractivity contribution in [2.24, 2.45) is 23.7 Å². The van der Waals surface area contributed by atoms with E-state index in [1.165, 1.54) is 12.8 Å². The summed E-state index contributed by atoms with van der Waals surface area (Å²) < 4.78 is 26.6. The summed E-state index contributed by atoms with van der Waals surface area (Å²) >= 11 is 0. The summed E-state index contributed by atoms with van der Waals surface area (Å²) in [5, 5.41) is 0. The van der Waals surface area contributed by atoms with Crippen LogP contribution in [0.15, 0.2) is 24.8 Å². The van der Waals surface area contributed by atoms with Crippen molar-refractivity contribution in [3.05, 3.63) is 24.8 Å². The number of rotatable bonds is 5. The third kappa shape index (κ3) is 2.99. The second-order valence-corrected chi connectivity index (χ2v) is 6.73. The van der Waals surface area contributed by atoms with Gasteiger partial charge in [-0.3, -0.25) is 4.18 Å². The standard InChI is InChI=1S/C13H20O3S/c1-3-10-4-6-13-11(5-7-12(10)13)8-9-16-17(2,14)15/h3,5,7,10-13H,1,4,6,8-9H2,2H3/t10-,11+,12-,13-/m0/s1. The number of hydrogen-bond acceptors (Lipinski definition) is 3. The maximum atomic E-state index is 10.9. The van der Waals surface area contributed by atoms with Gasteiger partial charge in [0.05, 0.1) is 12.9 Å². The van der Waals surface area contributed by atoms with Gasteiger partial charge in [0.15, 0.2) is 0 Å². The lowest BCUT2D eigenvalue weighted by molar-refractivity contribution is 0.261. The van der Waals surface area contributed by atoms with Crippen molar-refractivity contribution in [1.82, 2.24) is 0 Å². The van der Waals surface area contributed by atoms with Crippen molar-refractivity contribution in [2.75, 3.05) is 12.9 Å². The third-order valence-electron chi connectivity index (χ3n) is 4.00. The predicted molar refractivity (Wildman–Crippen MR) is 67.9 cm³/mol. The molecular weight excluding hydrogens is 236 g/mol. The minimum Gasteiger partial charge on any atom is -0.270 e. The van der Waals surface area contributed by atoms with Crippen LogP contribution in [0.3, 0.4) is 0 Å². The highest BCUT2D eigenvalue weighted by Gasteiger charge is 2.39. The Morgan fingerprint density at radius 3 is 2.82 bits per heavy atom. The van der Waals surface area contributed by atoms with Gasteiger partial charge in [0.2, 0.25) is 0 Å². The van der Waals surface area contributed by atoms with Crippen LogP contribution in [0.2, 0.25) is 0 Å². The molecule has 0 bridgehead atoms. The van der Waals surface area contributed by atoms with E-state index in [0.29, 0.717) is 30.3 Å². The van der Waals surface area contributed by atoms with Crippen LogP contribution < -0.4 is 0 Å². The second-order valence-electron chi connectivity index (χ2n) is 5.08. The maximum absolute atomic E-state index is 10.9. The van der Waals surface area contributed by atoms with Crippen LogP contribution in [0.25, 0.3) is 0 Å². The molecule has 2 aliphatic rings. The van der Waals surface area contributed by atoms with Gasteiger partial charge in [-0.05, 0) is 42.9 Å². The van der Waals surface area contributed by atoms with Crippen molar-refractivity contribution in [3.63, 3.8) is 0 Å². The van der Waals surface area contributed by atoms with E-state index in [9.17, 15) is 8.42 Å². The Morgan fingerprint density at radius 2 is 2.18 bits per heavy atom. The third-order valence-corrected chi connectivity index (χ3v) is 4.60. The number of allylic oxidation sites excluding steroid dienone is 3. The predicted octanol–water partition coefficient (Wildman–Crippen LogP) is 2.37. The molecule has 0 amide bonds. The molecule has 0 heterocycles. The van der Waals surface area contributed by atoms with E-state index in [1.807, 2.05) is 0 Å². The Morgan fingerprint density at radius 1 is 1.41 bits per heavy atom. The van der Waals surface area contributed by atoms with Crippen molar-refractivity contribution >= 4 is 10.1 Å². The number of hydrogen-bond donors (Lipinski definition) is 0. The molecule has 4 atom stereocenters. The summed E-state index contributed by atoms with van der Waals surface area (Å²) in [6.45, 7) is 4.19. The first-order valence-electron chi connectivity index (χ1n) is 6.16. The fraction of sp³-hybridized carbons (Fsp3) is 0.692. The summed E-state index contributed by atoms with van der Waals surface area (Å²) in [6.07, 6.45) is 10.9. The van der Waals surface area contributed by atoms with E-state index < -0.39 is 10.1 Å². The Bertz CT molecular complexity index is 410. The largest absolute Gasteiger partial charge is 0.270 e. The van der Waals surface area contributed by atoms with Crippen LogP contribution in [-0.2, 0) is 14.3 Å². The van der Waals surface area contributed by atoms with Gasteiger partial charge < -0.3 is 0 Å². The molecule has 0 unspecified atom stereocenters. The molecule has 0 radical (unpaired) electrons. The van der Waals surface area contributed by atoms with Gasteiger partial charge in [0, 0.05) is 0 Å². The smallest absolute Gasteiger partial charge is 0.264 e. The van der Waals surface area contributed by atoms with E-state index in [0.717, 1.165) is 12.7 Å². The van der Waals surface area contributed by atoms with Crippen LogP contribution in [0.5, 0.6) is 0 Å². The van der Waals surface area contributed by atoms with E-state index in [-0.39, 0.29) is 0 Å². The lowest BCUT2D eigenvalue weighted by atomic mass is 9.86. The molecule has 3 nitrogen and oxygen atoms in total. The molecule has 0 aromatic carbocycles. The van der Waals surface area contributed by atoms with Gasteiger partial charge >= 0.3 is 0 Å². The van der Waals surface area contributed by atoms with Crippen LogP contribution >= 0.6 is 0 Å². The van der Waals surface area contributed by atoms with Gasteiger partial charge in [0.25, 0.3) is 10.1 Å². The zero-order valence-electron chi connectivity index (χ0n) is 10.2. The van der Waals surface area contributed by atoms with Gasteiger partial charge in [-0.2, -0.15) is 8.42 Å². The highest BCUT2D eigenvalue weighted by molar-refractivity contribution is 7.85. The van der Waals surface area contributed by atoms with E-state index in [1.54, 1.807) is 0 Å². The van der Waals surface area contributed by atoms with E-state index in [4.69, 9.17) is 4.18 Å². The molecule has 1 fully saturated rings. The fourth-order valence-electron chi connectivity index (χ4n) is 3.21. The zero-order valence-corrected chi connectivity index (χ0v) is 11.0. The Labute approximate surface area is 104 Å².